The molecule has 0 saturated carbocycles. The maximum absolute atomic E-state index is 2.54. The summed E-state index contributed by atoms with van der Waals surface area (Å²) in [5.41, 5.74) is 0. The van der Waals surface area contributed by atoms with Gasteiger partial charge in [0, 0.05) is 0 Å². The number of aryl methyl sites for hydroxylation is 2. The number of nitrogens with zero attached hydrogens (tertiary/aromatic N) is 2. The molecule has 0 aliphatic carbocycles. The zero-order chi connectivity index (χ0) is 21.9. The fourth-order valence-electron chi connectivity index (χ4n) is 4.71. The van der Waals surface area contributed by atoms with Crippen molar-refractivity contribution < 1.29 is 4.57 Å². The van der Waals surface area contributed by atoms with Crippen molar-refractivity contribution in [2.24, 2.45) is 0 Å². The molecule has 0 radical (unpaired) electrons. The van der Waals surface area contributed by atoms with E-state index in [0.29, 0.717) is 5.92 Å². The van der Waals surface area contributed by atoms with Crippen molar-refractivity contribution in [3.63, 3.8) is 0 Å². The van der Waals surface area contributed by atoms with Crippen LogP contribution in [0.25, 0.3) is 0 Å². The van der Waals surface area contributed by atoms with E-state index in [1.807, 2.05) is 0 Å². The van der Waals surface area contributed by atoms with Gasteiger partial charge in [0.25, 0.3) is 5.82 Å². The van der Waals surface area contributed by atoms with Gasteiger partial charge in [-0.1, -0.05) is 118 Å². The molecule has 2 nitrogen and oxygen atoms in total. The molecule has 0 atom stereocenters. The van der Waals surface area contributed by atoms with Gasteiger partial charge in [-0.2, -0.15) is 0 Å². The van der Waals surface area contributed by atoms with Gasteiger partial charge >= 0.3 is 0 Å². The second kappa shape index (κ2) is 18.9. The standard InChI is InChI=1S/C28H55N2/c1-5-7-9-11-13-14-15-16-17-18-20-22-24-30-26-25-29(28(30)27(3)4)23-21-19-12-10-8-6-2/h25-27H,5-24H2,1-4H3/q+1. The summed E-state index contributed by atoms with van der Waals surface area (Å²) in [4.78, 5) is 0. The molecule has 0 spiro atoms. The minimum absolute atomic E-state index is 0.609. The summed E-state index contributed by atoms with van der Waals surface area (Å²) in [5.74, 6) is 2.14. The molecule has 30 heavy (non-hydrogen) atoms. The van der Waals surface area contributed by atoms with Gasteiger partial charge in [-0.25, -0.2) is 9.13 Å². The van der Waals surface area contributed by atoms with Crippen LogP contribution in [0.1, 0.15) is 155 Å². The lowest BCUT2D eigenvalue weighted by Gasteiger charge is -2.08. The van der Waals surface area contributed by atoms with Crippen LogP contribution in [-0.2, 0) is 13.1 Å². The molecule has 1 aromatic heterocycles. The minimum Gasteiger partial charge on any atom is -0.234 e. The molecule has 0 saturated heterocycles. The highest BCUT2D eigenvalue weighted by atomic mass is 15.1. The van der Waals surface area contributed by atoms with Crippen LogP contribution >= 0.6 is 0 Å². The van der Waals surface area contributed by atoms with E-state index in [4.69, 9.17) is 0 Å². The highest BCUT2D eigenvalue weighted by Gasteiger charge is 2.19. The third kappa shape index (κ3) is 12.8. The number of imidazole rings is 1. The smallest absolute Gasteiger partial charge is 0.234 e. The molecule has 1 aromatic rings. The van der Waals surface area contributed by atoms with Crippen LogP contribution in [0.5, 0.6) is 0 Å². The molecule has 2 heteroatoms. The highest BCUT2D eigenvalue weighted by molar-refractivity contribution is 4.89. The van der Waals surface area contributed by atoms with Gasteiger partial charge in [-0.05, 0) is 25.7 Å². The second-order valence-electron chi connectivity index (χ2n) is 9.85. The van der Waals surface area contributed by atoms with Crippen molar-refractivity contribution in [1.29, 1.82) is 0 Å². The molecular weight excluding hydrogens is 364 g/mol. The van der Waals surface area contributed by atoms with E-state index in [1.165, 1.54) is 134 Å². The highest BCUT2D eigenvalue weighted by Crippen LogP contribution is 2.15. The predicted molar refractivity (Wildman–Crippen MR) is 133 cm³/mol. The Bertz CT molecular complexity index is 489. The van der Waals surface area contributed by atoms with Crippen molar-refractivity contribution in [3.8, 4) is 0 Å². The third-order valence-electron chi connectivity index (χ3n) is 6.54. The van der Waals surface area contributed by atoms with Crippen LogP contribution in [0.2, 0.25) is 0 Å². The van der Waals surface area contributed by atoms with Gasteiger partial charge in [0.2, 0.25) is 0 Å². The topological polar surface area (TPSA) is 8.81 Å². The average molecular weight is 420 g/mol. The first-order valence-corrected chi connectivity index (χ1v) is 13.8. The Morgan fingerprint density at radius 2 is 1.07 bits per heavy atom. The first kappa shape index (κ1) is 27.2. The molecule has 0 amide bonds. The molecule has 1 rings (SSSR count). The Labute approximate surface area is 189 Å². The van der Waals surface area contributed by atoms with Gasteiger partial charge in [0.05, 0.1) is 19.0 Å². The Morgan fingerprint density at radius 1 is 0.633 bits per heavy atom. The Hall–Kier alpha value is -0.790. The van der Waals surface area contributed by atoms with E-state index in [1.54, 1.807) is 0 Å². The zero-order valence-corrected chi connectivity index (χ0v) is 21.3. The molecular formula is C28H55N2+. The largest absolute Gasteiger partial charge is 0.258 e. The molecule has 0 unspecified atom stereocenters. The lowest BCUT2D eigenvalue weighted by Crippen LogP contribution is -2.38. The first-order valence-electron chi connectivity index (χ1n) is 13.8. The number of unbranched alkanes of at least 4 members (excludes halogenated alkanes) is 16. The Balaban J connectivity index is 2.14. The fraction of sp³-hybridized carbons (Fsp3) is 0.893. The van der Waals surface area contributed by atoms with Crippen molar-refractivity contribution in [2.75, 3.05) is 0 Å². The van der Waals surface area contributed by atoms with Crippen LogP contribution in [0.15, 0.2) is 12.4 Å². The molecule has 0 bridgehead atoms. The van der Waals surface area contributed by atoms with Gasteiger partial charge in [-0.15, -0.1) is 0 Å². The van der Waals surface area contributed by atoms with E-state index >= 15 is 0 Å². The maximum Gasteiger partial charge on any atom is 0.258 e. The SMILES string of the molecule is CCCCCCCCCCCCCCn1cc[n+](CCCCCCCC)c1C(C)C. The van der Waals surface area contributed by atoms with Gasteiger partial charge < -0.3 is 0 Å². The van der Waals surface area contributed by atoms with Crippen molar-refractivity contribution in [3.05, 3.63) is 18.2 Å². The number of rotatable bonds is 21. The minimum atomic E-state index is 0.609. The molecule has 0 aliphatic heterocycles. The summed E-state index contributed by atoms with van der Waals surface area (Å²) >= 11 is 0. The average Bonchev–Trinajstić information content (AvgIpc) is 3.14. The summed E-state index contributed by atoms with van der Waals surface area (Å²) in [6.45, 7) is 11.7. The van der Waals surface area contributed by atoms with Crippen LogP contribution < -0.4 is 4.57 Å². The molecule has 0 aliphatic rings. The van der Waals surface area contributed by atoms with Crippen LogP contribution in [-0.4, -0.2) is 4.57 Å². The Kier molecular flexibility index (Phi) is 17.2. The van der Waals surface area contributed by atoms with Crippen LogP contribution in [0.4, 0.5) is 0 Å². The van der Waals surface area contributed by atoms with Crippen molar-refractivity contribution in [1.82, 2.24) is 4.57 Å². The number of hydrogen-bond donors (Lipinski definition) is 0. The quantitative estimate of drug-likeness (QED) is 0.139. The maximum atomic E-state index is 2.54. The van der Waals surface area contributed by atoms with E-state index < -0.39 is 0 Å². The summed E-state index contributed by atoms with van der Waals surface area (Å²) in [7, 11) is 0. The lowest BCUT2D eigenvalue weighted by molar-refractivity contribution is -0.705. The summed E-state index contributed by atoms with van der Waals surface area (Å²) < 4.78 is 5.07. The van der Waals surface area contributed by atoms with E-state index in [-0.39, 0.29) is 0 Å². The van der Waals surface area contributed by atoms with Crippen molar-refractivity contribution >= 4 is 0 Å². The molecule has 1 heterocycles. The van der Waals surface area contributed by atoms with Gasteiger partial charge in [0.15, 0.2) is 0 Å². The first-order chi connectivity index (χ1) is 14.7. The van der Waals surface area contributed by atoms with Crippen LogP contribution in [0.3, 0.4) is 0 Å². The predicted octanol–water partition coefficient (Wildman–Crippen LogP) is 8.96. The normalized spacial score (nSPS) is 11.6. The van der Waals surface area contributed by atoms with Crippen LogP contribution in [0, 0.1) is 0 Å². The third-order valence-corrected chi connectivity index (χ3v) is 6.54. The summed E-state index contributed by atoms with van der Waals surface area (Å²) in [6.07, 6.45) is 30.1. The summed E-state index contributed by atoms with van der Waals surface area (Å²) in [6, 6.07) is 0. The van der Waals surface area contributed by atoms with E-state index in [0.717, 1.165) is 0 Å². The fourth-order valence-corrected chi connectivity index (χ4v) is 4.71. The molecule has 176 valence electrons. The number of hydrogen-bond acceptors (Lipinski definition) is 0. The molecule has 0 N–H and O–H groups in total. The monoisotopic (exact) mass is 419 g/mol. The molecule has 0 aromatic carbocycles. The van der Waals surface area contributed by atoms with Gasteiger partial charge in [-0.3, -0.25) is 0 Å². The second-order valence-corrected chi connectivity index (χ2v) is 9.85. The molecule has 0 fully saturated rings. The Morgan fingerprint density at radius 3 is 1.53 bits per heavy atom. The van der Waals surface area contributed by atoms with E-state index in [9.17, 15) is 0 Å². The van der Waals surface area contributed by atoms with Crippen molar-refractivity contribution in [2.45, 2.75) is 162 Å². The lowest BCUT2D eigenvalue weighted by atomic mass is 10.1. The zero-order valence-electron chi connectivity index (χ0n) is 21.3. The van der Waals surface area contributed by atoms with Gasteiger partial charge in [0.1, 0.15) is 12.4 Å². The summed E-state index contributed by atoms with van der Waals surface area (Å²) in [5, 5.41) is 0. The number of aromatic nitrogens is 2. The van der Waals surface area contributed by atoms with E-state index in [2.05, 4.69) is 49.2 Å².